The first kappa shape index (κ1) is 12.9. The zero-order chi connectivity index (χ0) is 13.7. The normalized spacial score (nSPS) is 10.1. The first-order valence-electron chi connectivity index (χ1n) is 5.81. The number of rotatable bonds is 5. The van der Waals surface area contributed by atoms with Gasteiger partial charge in [0.2, 0.25) is 0 Å². The largest absolute Gasteiger partial charge is 0.478 e. The van der Waals surface area contributed by atoms with Crippen LogP contribution in [0.3, 0.4) is 0 Å². The molecular formula is C14H13NO4. The number of carboxylic acids is 1. The van der Waals surface area contributed by atoms with Gasteiger partial charge in [0.1, 0.15) is 0 Å². The van der Waals surface area contributed by atoms with E-state index in [1.54, 1.807) is 24.3 Å². The van der Waals surface area contributed by atoms with Gasteiger partial charge < -0.3 is 14.8 Å². The lowest BCUT2D eigenvalue weighted by atomic mass is 10.1. The molecule has 0 aliphatic carbocycles. The van der Waals surface area contributed by atoms with Gasteiger partial charge in [-0.1, -0.05) is 12.1 Å². The number of benzene rings is 1. The minimum atomic E-state index is -0.957. The Morgan fingerprint density at radius 2 is 2.05 bits per heavy atom. The zero-order valence-corrected chi connectivity index (χ0v) is 10.1. The van der Waals surface area contributed by atoms with E-state index >= 15 is 0 Å². The predicted molar refractivity (Wildman–Crippen MR) is 68.1 cm³/mol. The molecule has 0 saturated heterocycles. The number of hydrogen-bond acceptors (Lipinski definition) is 3. The summed E-state index contributed by atoms with van der Waals surface area (Å²) in [5, 5.41) is 11.6. The third kappa shape index (κ3) is 3.45. The van der Waals surface area contributed by atoms with E-state index in [1.165, 1.54) is 12.3 Å². The smallest absolute Gasteiger partial charge is 0.335 e. The molecule has 0 saturated carbocycles. The lowest BCUT2D eigenvalue weighted by Gasteiger charge is -2.04. The van der Waals surface area contributed by atoms with Crippen molar-refractivity contribution in [2.75, 3.05) is 6.54 Å². The maximum absolute atomic E-state index is 11.6. The summed E-state index contributed by atoms with van der Waals surface area (Å²) in [5.41, 5.74) is 1.11. The number of carbonyl (C=O) groups is 2. The molecular weight excluding hydrogens is 246 g/mol. The van der Waals surface area contributed by atoms with Crippen LogP contribution in [0.1, 0.15) is 26.5 Å². The summed E-state index contributed by atoms with van der Waals surface area (Å²) in [6, 6.07) is 9.87. The molecule has 0 unspecified atom stereocenters. The molecule has 2 aromatic rings. The van der Waals surface area contributed by atoms with Gasteiger partial charge in [0.25, 0.3) is 5.91 Å². The molecule has 0 radical (unpaired) electrons. The molecule has 0 atom stereocenters. The van der Waals surface area contributed by atoms with Crippen molar-refractivity contribution in [2.24, 2.45) is 0 Å². The van der Waals surface area contributed by atoms with Crippen molar-refractivity contribution < 1.29 is 19.1 Å². The molecule has 0 fully saturated rings. The van der Waals surface area contributed by atoms with Crippen molar-refractivity contribution in [3.05, 3.63) is 59.5 Å². The maximum atomic E-state index is 11.6. The van der Waals surface area contributed by atoms with Gasteiger partial charge in [-0.15, -0.1) is 0 Å². The first-order chi connectivity index (χ1) is 9.16. The number of hydrogen-bond donors (Lipinski definition) is 2. The Labute approximate surface area is 109 Å². The summed E-state index contributed by atoms with van der Waals surface area (Å²) >= 11 is 0. The molecule has 1 aromatic carbocycles. The highest BCUT2D eigenvalue weighted by molar-refractivity contribution is 5.91. The summed E-state index contributed by atoms with van der Waals surface area (Å²) < 4.78 is 4.96. The number of carboxylic acid groups (broad SMARTS) is 1. The fourth-order valence-electron chi connectivity index (χ4n) is 1.68. The third-order valence-corrected chi connectivity index (χ3v) is 2.62. The molecule has 0 aliphatic heterocycles. The molecule has 98 valence electrons. The summed E-state index contributed by atoms with van der Waals surface area (Å²) in [4.78, 5) is 22.4. The van der Waals surface area contributed by atoms with Gasteiger partial charge in [0.15, 0.2) is 5.76 Å². The van der Waals surface area contributed by atoms with Crippen LogP contribution in [0, 0.1) is 0 Å². The fraction of sp³-hybridized carbons (Fsp3) is 0.143. The SMILES string of the molecule is O=C(O)c1cccc(CCNC(=O)c2ccco2)c1. The Kier molecular flexibility index (Phi) is 3.97. The summed E-state index contributed by atoms with van der Waals surface area (Å²) in [6.45, 7) is 0.419. The molecule has 0 bridgehead atoms. The monoisotopic (exact) mass is 259 g/mol. The third-order valence-electron chi connectivity index (χ3n) is 2.62. The van der Waals surface area contributed by atoms with Crippen molar-refractivity contribution in [1.82, 2.24) is 5.32 Å². The van der Waals surface area contributed by atoms with Gasteiger partial charge in [0, 0.05) is 6.54 Å². The molecule has 1 heterocycles. The van der Waals surface area contributed by atoms with Crippen LogP contribution < -0.4 is 5.32 Å². The number of nitrogens with one attached hydrogen (secondary N) is 1. The van der Waals surface area contributed by atoms with Crippen molar-refractivity contribution >= 4 is 11.9 Å². The van der Waals surface area contributed by atoms with E-state index < -0.39 is 5.97 Å². The number of furan rings is 1. The van der Waals surface area contributed by atoms with Gasteiger partial charge in [-0.25, -0.2) is 4.79 Å². The highest BCUT2D eigenvalue weighted by Crippen LogP contribution is 2.06. The Morgan fingerprint density at radius 3 is 2.74 bits per heavy atom. The second-order valence-corrected chi connectivity index (χ2v) is 3.99. The summed E-state index contributed by atoms with van der Waals surface area (Å²) in [7, 11) is 0. The Hall–Kier alpha value is -2.56. The first-order valence-corrected chi connectivity index (χ1v) is 5.81. The maximum Gasteiger partial charge on any atom is 0.335 e. The van der Waals surface area contributed by atoms with Crippen molar-refractivity contribution in [3.63, 3.8) is 0 Å². The average molecular weight is 259 g/mol. The van der Waals surface area contributed by atoms with Crippen LogP contribution in [-0.4, -0.2) is 23.5 Å². The van der Waals surface area contributed by atoms with Crippen molar-refractivity contribution in [1.29, 1.82) is 0 Å². The number of amides is 1. The molecule has 2 N–H and O–H groups in total. The predicted octanol–water partition coefficient (Wildman–Crippen LogP) is 1.95. The van der Waals surface area contributed by atoms with Crippen LogP contribution in [0.2, 0.25) is 0 Å². The van der Waals surface area contributed by atoms with E-state index in [0.717, 1.165) is 5.56 Å². The topological polar surface area (TPSA) is 79.5 Å². The van der Waals surface area contributed by atoms with Gasteiger partial charge in [-0.05, 0) is 36.2 Å². The Morgan fingerprint density at radius 1 is 1.21 bits per heavy atom. The molecule has 5 heteroatoms. The molecule has 19 heavy (non-hydrogen) atoms. The van der Waals surface area contributed by atoms with E-state index in [-0.39, 0.29) is 17.2 Å². The van der Waals surface area contributed by atoms with Gasteiger partial charge >= 0.3 is 5.97 Å². The van der Waals surface area contributed by atoms with Crippen LogP contribution >= 0.6 is 0 Å². The summed E-state index contributed by atoms with van der Waals surface area (Å²) in [5.74, 6) is -0.972. The Balaban J connectivity index is 1.87. The van der Waals surface area contributed by atoms with Gasteiger partial charge in [0.05, 0.1) is 11.8 Å². The molecule has 2 rings (SSSR count). The van der Waals surface area contributed by atoms with Crippen LogP contribution in [-0.2, 0) is 6.42 Å². The quantitative estimate of drug-likeness (QED) is 0.860. The minimum absolute atomic E-state index is 0.245. The molecule has 0 spiro atoms. The van der Waals surface area contributed by atoms with E-state index in [0.29, 0.717) is 13.0 Å². The van der Waals surface area contributed by atoms with E-state index in [2.05, 4.69) is 5.32 Å². The Bertz CT molecular complexity index is 575. The zero-order valence-electron chi connectivity index (χ0n) is 10.1. The van der Waals surface area contributed by atoms with E-state index in [1.807, 2.05) is 6.07 Å². The number of aromatic carboxylic acids is 1. The van der Waals surface area contributed by atoms with Gasteiger partial charge in [-0.3, -0.25) is 4.79 Å². The fourth-order valence-corrected chi connectivity index (χ4v) is 1.68. The van der Waals surface area contributed by atoms with Crippen molar-refractivity contribution in [3.8, 4) is 0 Å². The van der Waals surface area contributed by atoms with E-state index in [9.17, 15) is 9.59 Å². The lowest BCUT2D eigenvalue weighted by Crippen LogP contribution is -2.25. The highest BCUT2D eigenvalue weighted by atomic mass is 16.4. The second-order valence-electron chi connectivity index (χ2n) is 3.99. The van der Waals surface area contributed by atoms with E-state index in [4.69, 9.17) is 9.52 Å². The standard InChI is InChI=1S/C14H13NO4/c16-13(12-5-2-8-19-12)15-7-6-10-3-1-4-11(9-10)14(17)18/h1-5,8-9H,6-7H2,(H,15,16)(H,17,18). The lowest BCUT2D eigenvalue weighted by molar-refractivity contribution is 0.0696. The molecule has 5 nitrogen and oxygen atoms in total. The average Bonchev–Trinajstić information content (AvgIpc) is 2.93. The molecule has 0 aliphatic rings. The summed E-state index contributed by atoms with van der Waals surface area (Å²) in [6.07, 6.45) is 2.00. The number of carbonyl (C=O) groups excluding carboxylic acids is 1. The van der Waals surface area contributed by atoms with Crippen LogP contribution in [0.5, 0.6) is 0 Å². The van der Waals surface area contributed by atoms with Crippen LogP contribution in [0.4, 0.5) is 0 Å². The second kappa shape index (κ2) is 5.86. The van der Waals surface area contributed by atoms with Gasteiger partial charge in [-0.2, -0.15) is 0 Å². The van der Waals surface area contributed by atoms with Crippen molar-refractivity contribution in [2.45, 2.75) is 6.42 Å². The van der Waals surface area contributed by atoms with Crippen LogP contribution in [0.15, 0.2) is 47.1 Å². The minimum Gasteiger partial charge on any atom is -0.478 e. The highest BCUT2D eigenvalue weighted by Gasteiger charge is 2.07. The molecule has 1 aromatic heterocycles. The van der Waals surface area contributed by atoms with Crippen LogP contribution in [0.25, 0.3) is 0 Å². The molecule has 1 amide bonds.